The molecule has 20 heavy (non-hydrogen) atoms. The maximum Gasteiger partial charge on any atom is 0.511 e. The van der Waals surface area contributed by atoms with E-state index in [1.807, 2.05) is 0 Å². The van der Waals surface area contributed by atoms with Gasteiger partial charge in [-0.2, -0.15) is 17.9 Å². The van der Waals surface area contributed by atoms with E-state index >= 15 is 0 Å². The molecule has 0 saturated carbocycles. The zero-order chi connectivity index (χ0) is 16.4. The second-order valence-electron chi connectivity index (χ2n) is 5.00. The zero-order valence-electron chi connectivity index (χ0n) is 11.7. The molecule has 0 radical (unpaired) electrons. The molecule has 1 unspecified atom stereocenters. The Bertz CT molecular complexity index is 441. The highest BCUT2D eigenvalue weighted by Crippen LogP contribution is 2.23. The van der Waals surface area contributed by atoms with E-state index in [4.69, 9.17) is 4.74 Å². The molecular formula is C10H18F3NO5S. The van der Waals surface area contributed by atoms with Crippen molar-refractivity contribution in [3.63, 3.8) is 0 Å². The number of rotatable bonds is 5. The second kappa shape index (κ2) is 6.27. The normalized spacial score (nSPS) is 16.6. The lowest BCUT2D eigenvalue weighted by Crippen LogP contribution is -2.53. The number of sulfonamides is 1. The van der Waals surface area contributed by atoms with Crippen molar-refractivity contribution in [1.29, 1.82) is 0 Å². The Morgan fingerprint density at radius 2 is 1.65 bits per heavy atom. The molecule has 120 valence electrons. The van der Waals surface area contributed by atoms with Gasteiger partial charge in [0.2, 0.25) is 0 Å². The number of esters is 1. The highest BCUT2D eigenvalue weighted by Gasteiger charge is 2.49. The molecule has 2 atom stereocenters. The summed E-state index contributed by atoms with van der Waals surface area (Å²) in [4.78, 5) is 11.4. The summed E-state index contributed by atoms with van der Waals surface area (Å²) in [7, 11) is -4.75. The van der Waals surface area contributed by atoms with Crippen LogP contribution in [0.4, 0.5) is 13.2 Å². The minimum absolute atomic E-state index is 0.782. The van der Waals surface area contributed by atoms with Crippen molar-refractivity contribution >= 4 is 16.0 Å². The molecule has 0 rings (SSSR count). The molecule has 0 bridgehead atoms. The van der Waals surface area contributed by atoms with Gasteiger partial charge in [0.15, 0.2) is 0 Å². The van der Waals surface area contributed by atoms with Crippen LogP contribution >= 0.6 is 0 Å². The van der Waals surface area contributed by atoms with E-state index < -0.39 is 39.2 Å². The fourth-order valence-corrected chi connectivity index (χ4v) is 2.08. The average molecular weight is 321 g/mol. The van der Waals surface area contributed by atoms with Crippen LogP contribution in [0, 0.1) is 0 Å². The molecule has 0 aromatic heterocycles. The van der Waals surface area contributed by atoms with E-state index in [1.165, 1.54) is 11.6 Å². The molecule has 0 aliphatic heterocycles. The molecule has 0 spiro atoms. The van der Waals surface area contributed by atoms with Gasteiger partial charge >= 0.3 is 21.5 Å². The Morgan fingerprint density at radius 3 is 1.95 bits per heavy atom. The van der Waals surface area contributed by atoms with E-state index in [0.717, 1.165) is 7.11 Å². The fourth-order valence-electron chi connectivity index (χ4n) is 1.32. The van der Waals surface area contributed by atoms with Crippen LogP contribution in [0.25, 0.3) is 0 Å². The molecule has 0 heterocycles. The Hall–Kier alpha value is -0.870. The van der Waals surface area contributed by atoms with Gasteiger partial charge in [-0.1, -0.05) is 0 Å². The summed E-state index contributed by atoms with van der Waals surface area (Å²) in [6, 6.07) is -1.80. The molecular weight excluding hydrogens is 303 g/mol. The maximum absolute atomic E-state index is 12.3. The lowest BCUT2D eigenvalue weighted by Gasteiger charge is -2.29. The Labute approximate surface area is 115 Å². The first kappa shape index (κ1) is 19.1. The molecule has 10 heteroatoms. The summed E-state index contributed by atoms with van der Waals surface area (Å²) in [5.41, 5.74) is -6.31. The van der Waals surface area contributed by atoms with Crippen LogP contribution in [0.1, 0.15) is 27.7 Å². The third-order valence-electron chi connectivity index (χ3n) is 2.05. The zero-order valence-corrected chi connectivity index (χ0v) is 12.6. The molecule has 0 aliphatic rings. The minimum Gasteiger partial charge on any atom is -0.468 e. The number of hydrogen-bond donors (Lipinski definition) is 1. The number of carbonyl (C=O) groups is 1. The summed E-state index contributed by atoms with van der Waals surface area (Å²) < 4.78 is 69.9. The summed E-state index contributed by atoms with van der Waals surface area (Å²) >= 11 is 0. The quantitative estimate of drug-likeness (QED) is 0.769. The summed E-state index contributed by atoms with van der Waals surface area (Å²) in [5, 5.41) is 0. The maximum atomic E-state index is 12.3. The Morgan fingerprint density at radius 1 is 1.20 bits per heavy atom. The highest BCUT2D eigenvalue weighted by atomic mass is 32.2. The van der Waals surface area contributed by atoms with Crippen molar-refractivity contribution in [1.82, 2.24) is 4.72 Å². The lowest BCUT2D eigenvalue weighted by molar-refractivity contribution is -0.150. The Kier molecular flexibility index (Phi) is 6.00. The number of carbonyl (C=O) groups excluding carboxylic acids is 1. The first-order valence-corrected chi connectivity index (χ1v) is 7.04. The molecule has 0 aliphatic carbocycles. The number of alkyl halides is 3. The van der Waals surface area contributed by atoms with Gasteiger partial charge in [-0.25, -0.2) is 8.42 Å². The van der Waals surface area contributed by atoms with E-state index in [0.29, 0.717) is 0 Å². The predicted molar refractivity (Wildman–Crippen MR) is 64.2 cm³/mol. The van der Waals surface area contributed by atoms with Gasteiger partial charge in [-0.05, 0) is 27.7 Å². The first-order valence-electron chi connectivity index (χ1n) is 5.55. The summed E-state index contributed by atoms with van der Waals surface area (Å²) in [6.45, 7) is 6.09. The van der Waals surface area contributed by atoms with Crippen LogP contribution in [-0.2, 0) is 24.3 Å². The van der Waals surface area contributed by atoms with Gasteiger partial charge in [-0.15, -0.1) is 0 Å². The van der Waals surface area contributed by atoms with Crippen LogP contribution < -0.4 is 4.72 Å². The lowest BCUT2D eigenvalue weighted by atomic mass is 10.1. The van der Waals surface area contributed by atoms with Crippen molar-refractivity contribution in [3.05, 3.63) is 0 Å². The van der Waals surface area contributed by atoms with Crippen LogP contribution in [-0.4, -0.2) is 44.8 Å². The Balaban J connectivity index is 5.26. The van der Waals surface area contributed by atoms with Gasteiger partial charge < -0.3 is 9.47 Å². The van der Waals surface area contributed by atoms with Crippen LogP contribution in [0.15, 0.2) is 0 Å². The van der Waals surface area contributed by atoms with Gasteiger partial charge in [-0.3, -0.25) is 4.79 Å². The smallest absolute Gasteiger partial charge is 0.468 e. The molecule has 1 N–H and O–H groups in total. The van der Waals surface area contributed by atoms with E-state index in [1.54, 1.807) is 20.8 Å². The van der Waals surface area contributed by atoms with Crippen LogP contribution in [0.3, 0.4) is 0 Å². The molecule has 0 aromatic carbocycles. The standard InChI is InChI=1S/C10H18F3NO5S/c1-6(19-9(2,3)4)7(8(15)18-5)14-20(16,17)10(11,12)13/h6-7,14H,1-5H3/t6?,7-/m0/s1. The minimum atomic E-state index is -5.68. The fraction of sp³-hybridized carbons (Fsp3) is 0.900. The number of methoxy groups -OCH3 is 1. The SMILES string of the molecule is COC(=O)[C@@H](NS(=O)(=O)C(F)(F)F)C(C)OC(C)(C)C. The number of ether oxygens (including phenoxy) is 2. The van der Waals surface area contributed by atoms with Crippen molar-refractivity contribution in [3.8, 4) is 0 Å². The second-order valence-corrected chi connectivity index (χ2v) is 6.71. The van der Waals surface area contributed by atoms with E-state index in [9.17, 15) is 26.4 Å². The topological polar surface area (TPSA) is 81.7 Å². The van der Waals surface area contributed by atoms with Gasteiger partial charge in [0, 0.05) is 0 Å². The van der Waals surface area contributed by atoms with E-state index in [2.05, 4.69) is 4.74 Å². The largest absolute Gasteiger partial charge is 0.511 e. The van der Waals surface area contributed by atoms with Crippen LogP contribution in [0.2, 0.25) is 0 Å². The third-order valence-corrected chi connectivity index (χ3v) is 3.22. The number of halogens is 3. The molecule has 0 aromatic rings. The number of hydrogen-bond acceptors (Lipinski definition) is 5. The first-order chi connectivity index (χ1) is 8.71. The van der Waals surface area contributed by atoms with Crippen molar-refractivity contribution in [2.24, 2.45) is 0 Å². The molecule has 0 fully saturated rings. The summed E-state index contributed by atoms with van der Waals surface area (Å²) in [5.74, 6) is -1.17. The van der Waals surface area contributed by atoms with Gasteiger partial charge in [0.1, 0.15) is 6.04 Å². The van der Waals surface area contributed by atoms with Crippen molar-refractivity contribution in [2.45, 2.75) is 51.0 Å². The van der Waals surface area contributed by atoms with Crippen LogP contribution in [0.5, 0.6) is 0 Å². The predicted octanol–water partition coefficient (Wildman–Crippen LogP) is 1.17. The number of nitrogens with one attached hydrogen (secondary N) is 1. The monoisotopic (exact) mass is 321 g/mol. The molecule has 0 saturated heterocycles. The van der Waals surface area contributed by atoms with E-state index in [-0.39, 0.29) is 0 Å². The molecule has 6 nitrogen and oxygen atoms in total. The van der Waals surface area contributed by atoms with Crippen molar-refractivity contribution in [2.75, 3.05) is 7.11 Å². The van der Waals surface area contributed by atoms with Crippen molar-refractivity contribution < 1.29 is 35.9 Å². The van der Waals surface area contributed by atoms with Gasteiger partial charge in [0.25, 0.3) is 0 Å². The summed E-state index contributed by atoms with van der Waals surface area (Å²) in [6.07, 6.45) is -1.15. The molecule has 0 amide bonds. The third kappa shape index (κ3) is 5.63. The average Bonchev–Trinajstić information content (AvgIpc) is 2.20. The highest BCUT2D eigenvalue weighted by molar-refractivity contribution is 7.90. The van der Waals surface area contributed by atoms with Gasteiger partial charge in [0.05, 0.1) is 18.8 Å².